The summed E-state index contributed by atoms with van der Waals surface area (Å²) in [7, 11) is 1.64. The van der Waals surface area contributed by atoms with Crippen molar-refractivity contribution in [3.63, 3.8) is 0 Å². The summed E-state index contributed by atoms with van der Waals surface area (Å²) in [4.78, 5) is 14.9. The molecule has 2 heterocycles. The minimum Gasteiger partial charge on any atom is -0.497 e. The van der Waals surface area contributed by atoms with Gasteiger partial charge in [-0.1, -0.05) is 19.1 Å². The van der Waals surface area contributed by atoms with Crippen molar-refractivity contribution in [2.75, 3.05) is 26.7 Å². The third kappa shape index (κ3) is 5.36. The van der Waals surface area contributed by atoms with Gasteiger partial charge in [0.15, 0.2) is 0 Å². The number of carbonyl (C=O) groups is 1. The summed E-state index contributed by atoms with van der Waals surface area (Å²) in [6.07, 6.45) is 2.75. The lowest BCUT2D eigenvalue weighted by Gasteiger charge is -2.35. The van der Waals surface area contributed by atoms with Crippen molar-refractivity contribution in [3.05, 3.63) is 53.5 Å². The second-order valence-corrected chi connectivity index (χ2v) is 7.51. The summed E-state index contributed by atoms with van der Waals surface area (Å²) in [6, 6.07) is 11.7. The number of nitrogens with zero attached hydrogens (tertiary/aromatic N) is 1. The Labute approximate surface area is 161 Å². The van der Waals surface area contributed by atoms with E-state index < -0.39 is 0 Å². The zero-order valence-corrected chi connectivity index (χ0v) is 16.5. The van der Waals surface area contributed by atoms with Crippen LogP contribution in [0.25, 0.3) is 0 Å². The number of aryl methyl sites for hydroxylation is 1. The van der Waals surface area contributed by atoms with E-state index in [1.165, 1.54) is 12.8 Å². The van der Waals surface area contributed by atoms with Gasteiger partial charge in [0.25, 0.3) is 0 Å². The number of ether oxygens (including phenoxy) is 1. The van der Waals surface area contributed by atoms with E-state index in [1.54, 1.807) is 7.11 Å². The zero-order valence-electron chi connectivity index (χ0n) is 16.5. The maximum absolute atomic E-state index is 12.5. The van der Waals surface area contributed by atoms with Crippen LogP contribution < -0.4 is 10.1 Å². The molecule has 1 aromatic heterocycles. The van der Waals surface area contributed by atoms with Crippen LogP contribution in [0, 0.1) is 12.8 Å². The van der Waals surface area contributed by atoms with Crippen molar-refractivity contribution in [2.45, 2.75) is 39.2 Å². The lowest BCUT2D eigenvalue weighted by molar-refractivity contribution is -0.120. The number of nitrogens with one attached hydrogen (secondary N) is 1. The van der Waals surface area contributed by atoms with E-state index in [4.69, 9.17) is 9.15 Å². The molecule has 0 radical (unpaired) electrons. The topological polar surface area (TPSA) is 54.7 Å². The van der Waals surface area contributed by atoms with E-state index in [1.807, 2.05) is 43.3 Å². The van der Waals surface area contributed by atoms with Gasteiger partial charge in [0.05, 0.1) is 19.6 Å². The Morgan fingerprint density at radius 1 is 1.22 bits per heavy atom. The van der Waals surface area contributed by atoms with E-state index in [2.05, 4.69) is 17.1 Å². The van der Waals surface area contributed by atoms with Crippen LogP contribution in [0.2, 0.25) is 0 Å². The highest BCUT2D eigenvalue weighted by Crippen LogP contribution is 2.27. The summed E-state index contributed by atoms with van der Waals surface area (Å²) in [5.41, 5.74) is 0.977. The molecule has 2 aromatic rings. The van der Waals surface area contributed by atoms with Crippen molar-refractivity contribution in [2.24, 2.45) is 5.92 Å². The van der Waals surface area contributed by atoms with Gasteiger partial charge < -0.3 is 14.5 Å². The van der Waals surface area contributed by atoms with E-state index in [-0.39, 0.29) is 11.9 Å². The number of rotatable bonds is 7. The van der Waals surface area contributed by atoms with Gasteiger partial charge in [0.2, 0.25) is 5.91 Å². The number of methoxy groups -OCH3 is 1. The fourth-order valence-electron chi connectivity index (χ4n) is 3.58. The van der Waals surface area contributed by atoms with Crippen LogP contribution in [0.3, 0.4) is 0 Å². The number of furan rings is 1. The van der Waals surface area contributed by atoms with Crippen LogP contribution in [0.15, 0.2) is 40.8 Å². The van der Waals surface area contributed by atoms with E-state index in [9.17, 15) is 4.79 Å². The smallest absolute Gasteiger partial charge is 0.224 e. The van der Waals surface area contributed by atoms with E-state index in [0.29, 0.717) is 13.0 Å². The van der Waals surface area contributed by atoms with Crippen LogP contribution in [-0.4, -0.2) is 37.6 Å². The number of hydrogen-bond donors (Lipinski definition) is 1. The number of benzene rings is 1. The molecule has 0 bridgehead atoms. The summed E-state index contributed by atoms with van der Waals surface area (Å²) in [6.45, 7) is 6.91. The molecule has 0 spiro atoms. The fourth-order valence-corrected chi connectivity index (χ4v) is 3.58. The summed E-state index contributed by atoms with van der Waals surface area (Å²) in [5, 5.41) is 3.10. The molecule has 3 rings (SSSR count). The Balaban J connectivity index is 1.60. The van der Waals surface area contributed by atoms with Crippen LogP contribution in [-0.2, 0) is 11.2 Å². The Kier molecular flexibility index (Phi) is 6.56. The lowest BCUT2D eigenvalue weighted by atomic mass is 9.97. The first-order valence-corrected chi connectivity index (χ1v) is 9.75. The van der Waals surface area contributed by atoms with Crippen molar-refractivity contribution in [1.82, 2.24) is 10.2 Å². The first kappa shape index (κ1) is 19.5. The van der Waals surface area contributed by atoms with E-state index >= 15 is 0 Å². The zero-order chi connectivity index (χ0) is 19.2. The molecule has 1 saturated heterocycles. The second-order valence-electron chi connectivity index (χ2n) is 7.51. The second kappa shape index (κ2) is 9.09. The Hall–Kier alpha value is -2.27. The Bertz CT molecular complexity index is 730. The number of likely N-dealkylation sites (tertiary alicyclic amines) is 1. The number of hydrogen-bond acceptors (Lipinski definition) is 4. The maximum Gasteiger partial charge on any atom is 0.224 e. The molecule has 5 nitrogen and oxygen atoms in total. The number of carbonyl (C=O) groups excluding carboxylic acids is 1. The van der Waals surface area contributed by atoms with Crippen LogP contribution in [0.1, 0.15) is 42.9 Å². The largest absolute Gasteiger partial charge is 0.497 e. The monoisotopic (exact) mass is 370 g/mol. The summed E-state index contributed by atoms with van der Waals surface area (Å²) >= 11 is 0. The molecule has 1 unspecified atom stereocenters. The number of piperidine rings is 1. The highest BCUT2D eigenvalue weighted by atomic mass is 16.5. The molecule has 146 valence electrons. The van der Waals surface area contributed by atoms with Gasteiger partial charge in [0, 0.05) is 6.54 Å². The van der Waals surface area contributed by atoms with Gasteiger partial charge in [-0.05, 0) is 68.6 Å². The highest BCUT2D eigenvalue weighted by molar-refractivity contribution is 5.78. The molecule has 1 aliphatic heterocycles. The first-order chi connectivity index (χ1) is 13.0. The molecule has 5 heteroatoms. The molecule has 0 saturated carbocycles. The maximum atomic E-state index is 12.5. The number of amides is 1. The minimum absolute atomic E-state index is 0.0267. The quantitative estimate of drug-likeness (QED) is 0.807. The summed E-state index contributed by atoms with van der Waals surface area (Å²) < 4.78 is 11.1. The normalized spacial score (nSPS) is 16.9. The van der Waals surface area contributed by atoms with Crippen molar-refractivity contribution in [3.8, 4) is 5.75 Å². The van der Waals surface area contributed by atoms with Gasteiger partial charge in [0.1, 0.15) is 17.3 Å². The van der Waals surface area contributed by atoms with Gasteiger partial charge in [-0.2, -0.15) is 0 Å². The lowest BCUT2D eigenvalue weighted by Crippen LogP contribution is -2.42. The predicted molar refractivity (Wildman–Crippen MR) is 106 cm³/mol. The molecular weight excluding hydrogens is 340 g/mol. The molecule has 1 amide bonds. The fraction of sp³-hybridized carbons (Fsp3) is 0.500. The molecule has 1 aromatic carbocycles. The van der Waals surface area contributed by atoms with Crippen LogP contribution in [0.4, 0.5) is 0 Å². The predicted octanol–water partition coefficient (Wildman–Crippen LogP) is 3.73. The average molecular weight is 370 g/mol. The van der Waals surface area contributed by atoms with Crippen molar-refractivity contribution in [1.29, 1.82) is 0 Å². The van der Waals surface area contributed by atoms with Gasteiger partial charge in [-0.25, -0.2) is 0 Å². The molecule has 27 heavy (non-hydrogen) atoms. The Morgan fingerprint density at radius 2 is 1.93 bits per heavy atom. The Morgan fingerprint density at radius 3 is 2.52 bits per heavy atom. The highest BCUT2D eigenvalue weighted by Gasteiger charge is 2.27. The van der Waals surface area contributed by atoms with Crippen LogP contribution in [0.5, 0.6) is 5.75 Å². The SMILES string of the molecule is COc1ccc(CC(=O)NCC(c2ccc(C)o2)N2CCC(C)CC2)cc1. The summed E-state index contributed by atoms with van der Waals surface area (Å²) in [5.74, 6) is 3.44. The third-order valence-corrected chi connectivity index (χ3v) is 5.36. The van der Waals surface area contributed by atoms with Gasteiger partial charge >= 0.3 is 0 Å². The van der Waals surface area contributed by atoms with Gasteiger partial charge in [-0.3, -0.25) is 9.69 Å². The van der Waals surface area contributed by atoms with Crippen LogP contribution >= 0.6 is 0 Å². The van der Waals surface area contributed by atoms with Gasteiger partial charge in [-0.15, -0.1) is 0 Å². The molecule has 1 N–H and O–H groups in total. The van der Waals surface area contributed by atoms with Crippen molar-refractivity contribution < 1.29 is 13.9 Å². The standard InChI is InChI=1S/C22H30N2O3/c1-16-10-12-24(13-11-16)20(21-9-4-17(2)27-21)15-23-22(25)14-18-5-7-19(26-3)8-6-18/h4-9,16,20H,10-15H2,1-3H3,(H,23,25). The molecule has 1 fully saturated rings. The molecule has 0 aliphatic carbocycles. The van der Waals surface area contributed by atoms with Crippen molar-refractivity contribution >= 4 is 5.91 Å². The average Bonchev–Trinajstić information content (AvgIpc) is 3.10. The molecule has 1 atom stereocenters. The third-order valence-electron chi connectivity index (χ3n) is 5.36. The molecular formula is C22H30N2O3. The van der Waals surface area contributed by atoms with E-state index in [0.717, 1.165) is 41.8 Å². The molecule has 1 aliphatic rings. The minimum atomic E-state index is 0.0267. The first-order valence-electron chi connectivity index (χ1n) is 9.75.